The maximum atomic E-state index is 3.71. The minimum absolute atomic E-state index is 0.300. The predicted molar refractivity (Wildman–Crippen MR) is 62.7 cm³/mol. The van der Waals surface area contributed by atoms with Gasteiger partial charge in [-0.3, -0.25) is 0 Å². The molecular formula is C12H19NS. The molecule has 1 unspecified atom stereocenters. The highest BCUT2D eigenvalue weighted by Crippen LogP contribution is 2.37. The third-order valence-electron chi connectivity index (χ3n) is 3.07. The topological polar surface area (TPSA) is 12.0 Å². The SMILES string of the molecule is CC(C)CC1(c2ccsc2)CCCN1. The van der Waals surface area contributed by atoms with Crippen LogP contribution >= 0.6 is 11.3 Å². The summed E-state index contributed by atoms with van der Waals surface area (Å²) in [6, 6.07) is 2.28. The van der Waals surface area contributed by atoms with E-state index in [9.17, 15) is 0 Å². The molecule has 1 aliphatic rings. The van der Waals surface area contributed by atoms with Crippen LogP contribution in [0.4, 0.5) is 0 Å². The Morgan fingerprint density at radius 2 is 2.43 bits per heavy atom. The third-order valence-corrected chi connectivity index (χ3v) is 3.76. The molecular weight excluding hydrogens is 190 g/mol. The van der Waals surface area contributed by atoms with Crippen molar-refractivity contribution < 1.29 is 0 Å². The summed E-state index contributed by atoms with van der Waals surface area (Å²) >= 11 is 1.81. The molecule has 78 valence electrons. The minimum Gasteiger partial charge on any atom is -0.307 e. The van der Waals surface area contributed by atoms with Crippen LogP contribution in [0, 0.1) is 5.92 Å². The first-order valence-corrected chi connectivity index (χ1v) is 6.45. The highest BCUT2D eigenvalue weighted by molar-refractivity contribution is 7.08. The molecule has 14 heavy (non-hydrogen) atoms. The van der Waals surface area contributed by atoms with Gasteiger partial charge in [-0.25, -0.2) is 0 Å². The lowest BCUT2D eigenvalue weighted by Gasteiger charge is -2.31. The summed E-state index contributed by atoms with van der Waals surface area (Å²) in [5.74, 6) is 0.764. The fourth-order valence-electron chi connectivity index (χ4n) is 2.58. The Bertz CT molecular complexity index is 271. The second-order valence-electron chi connectivity index (χ2n) is 4.72. The van der Waals surface area contributed by atoms with Gasteiger partial charge in [-0.05, 0) is 54.1 Å². The van der Waals surface area contributed by atoms with Crippen molar-refractivity contribution in [2.24, 2.45) is 5.92 Å². The van der Waals surface area contributed by atoms with Crippen LogP contribution < -0.4 is 5.32 Å². The molecule has 0 radical (unpaired) electrons. The molecule has 2 heterocycles. The molecule has 1 fully saturated rings. The molecule has 0 spiro atoms. The van der Waals surface area contributed by atoms with Gasteiger partial charge in [-0.15, -0.1) is 0 Å². The number of rotatable bonds is 3. The highest BCUT2D eigenvalue weighted by Gasteiger charge is 2.35. The van der Waals surface area contributed by atoms with Crippen LogP contribution in [-0.2, 0) is 5.54 Å². The smallest absolute Gasteiger partial charge is 0.0445 e. The van der Waals surface area contributed by atoms with Crippen molar-refractivity contribution in [3.63, 3.8) is 0 Å². The van der Waals surface area contributed by atoms with Gasteiger partial charge in [0, 0.05) is 5.54 Å². The molecule has 1 atom stereocenters. The zero-order chi connectivity index (χ0) is 10.0. The predicted octanol–water partition coefficient (Wildman–Crippen LogP) is 3.37. The van der Waals surface area contributed by atoms with Crippen molar-refractivity contribution in [2.75, 3.05) is 6.54 Å². The molecule has 1 aromatic rings. The Kier molecular flexibility index (Phi) is 2.93. The molecule has 1 N–H and O–H groups in total. The first-order chi connectivity index (χ1) is 6.73. The maximum Gasteiger partial charge on any atom is 0.0445 e. The van der Waals surface area contributed by atoms with E-state index in [2.05, 4.69) is 36.0 Å². The molecule has 0 saturated carbocycles. The molecule has 2 rings (SSSR count). The van der Waals surface area contributed by atoms with E-state index in [1.54, 1.807) is 0 Å². The summed E-state index contributed by atoms with van der Waals surface area (Å²) in [7, 11) is 0. The molecule has 0 aromatic carbocycles. The van der Waals surface area contributed by atoms with Crippen molar-refractivity contribution in [1.29, 1.82) is 0 Å². The fourth-order valence-corrected chi connectivity index (χ4v) is 3.33. The molecule has 1 nitrogen and oxygen atoms in total. The normalized spacial score (nSPS) is 27.4. The van der Waals surface area contributed by atoms with E-state index in [1.165, 1.54) is 31.4 Å². The zero-order valence-corrected chi connectivity index (χ0v) is 9.86. The molecule has 0 amide bonds. The van der Waals surface area contributed by atoms with Gasteiger partial charge in [0.25, 0.3) is 0 Å². The van der Waals surface area contributed by atoms with Gasteiger partial charge in [-0.1, -0.05) is 13.8 Å². The van der Waals surface area contributed by atoms with Crippen LogP contribution in [-0.4, -0.2) is 6.54 Å². The Hall–Kier alpha value is -0.340. The standard InChI is InChI=1S/C12H19NS/c1-10(2)8-12(5-3-6-13-12)11-4-7-14-9-11/h4,7,9-10,13H,3,5-6,8H2,1-2H3. The van der Waals surface area contributed by atoms with Crippen molar-refractivity contribution in [2.45, 2.75) is 38.6 Å². The van der Waals surface area contributed by atoms with E-state index in [0.717, 1.165) is 5.92 Å². The molecule has 1 aliphatic heterocycles. The quantitative estimate of drug-likeness (QED) is 0.805. The van der Waals surface area contributed by atoms with Crippen LogP contribution in [0.1, 0.15) is 38.7 Å². The largest absolute Gasteiger partial charge is 0.307 e. The maximum absolute atomic E-state index is 3.71. The summed E-state index contributed by atoms with van der Waals surface area (Å²) in [5.41, 5.74) is 1.81. The fraction of sp³-hybridized carbons (Fsp3) is 0.667. The number of nitrogens with one attached hydrogen (secondary N) is 1. The summed E-state index contributed by atoms with van der Waals surface area (Å²) in [5, 5.41) is 8.21. The van der Waals surface area contributed by atoms with Crippen LogP contribution in [0.3, 0.4) is 0 Å². The molecule has 0 bridgehead atoms. The number of hydrogen-bond donors (Lipinski definition) is 1. The van der Waals surface area contributed by atoms with E-state index < -0.39 is 0 Å². The van der Waals surface area contributed by atoms with Gasteiger partial charge in [0.15, 0.2) is 0 Å². The second-order valence-corrected chi connectivity index (χ2v) is 5.50. The van der Waals surface area contributed by atoms with Crippen molar-refractivity contribution in [3.8, 4) is 0 Å². The molecule has 2 heteroatoms. The molecule has 0 aliphatic carbocycles. The Labute approximate surface area is 90.5 Å². The van der Waals surface area contributed by atoms with E-state index in [0.29, 0.717) is 5.54 Å². The summed E-state index contributed by atoms with van der Waals surface area (Å²) in [6.07, 6.45) is 3.90. The monoisotopic (exact) mass is 209 g/mol. The van der Waals surface area contributed by atoms with Crippen LogP contribution in [0.5, 0.6) is 0 Å². The van der Waals surface area contributed by atoms with E-state index in [4.69, 9.17) is 0 Å². The van der Waals surface area contributed by atoms with Gasteiger partial charge in [0.2, 0.25) is 0 Å². The van der Waals surface area contributed by atoms with Crippen LogP contribution in [0.2, 0.25) is 0 Å². The first-order valence-electron chi connectivity index (χ1n) is 5.51. The summed E-state index contributed by atoms with van der Waals surface area (Å²) in [6.45, 7) is 5.81. The Balaban J connectivity index is 2.22. The highest BCUT2D eigenvalue weighted by atomic mass is 32.1. The van der Waals surface area contributed by atoms with Gasteiger partial charge in [0.1, 0.15) is 0 Å². The molecule has 1 aromatic heterocycles. The lowest BCUT2D eigenvalue weighted by molar-refractivity contribution is 0.312. The second kappa shape index (κ2) is 4.03. The van der Waals surface area contributed by atoms with Crippen LogP contribution in [0.25, 0.3) is 0 Å². The summed E-state index contributed by atoms with van der Waals surface area (Å²) in [4.78, 5) is 0. The third kappa shape index (κ3) is 1.86. The average Bonchev–Trinajstić information content (AvgIpc) is 2.69. The Morgan fingerprint density at radius 1 is 1.57 bits per heavy atom. The zero-order valence-electron chi connectivity index (χ0n) is 9.05. The van der Waals surface area contributed by atoms with Gasteiger partial charge >= 0.3 is 0 Å². The lowest BCUT2D eigenvalue weighted by Crippen LogP contribution is -2.37. The van der Waals surface area contributed by atoms with Crippen molar-refractivity contribution in [3.05, 3.63) is 22.4 Å². The minimum atomic E-state index is 0.300. The lowest BCUT2D eigenvalue weighted by atomic mass is 9.83. The van der Waals surface area contributed by atoms with Gasteiger partial charge < -0.3 is 5.32 Å². The summed E-state index contributed by atoms with van der Waals surface area (Å²) < 4.78 is 0. The Morgan fingerprint density at radius 3 is 2.93 bits per heavy atom. The van der Waals surface area contributed by atoms with Gasteiger partial charge in [0.05, 0.1) is 0 Å². The van der Waals surface area contributed by atoms with Crippen LogP contribution in [0.15, 0.2) is 16.8 Å². The van der Waals surface area contributed by atoms with E-state index >= 15 is 0 Å². The van der Waals surface area contributed by atoms with Crippen molar-refractivity contribution >= 4 is 11.3 Å². The van der Waals surface area contributed by atoms with Crippen molar-refractivity contribution in [1.82, 2.24) is 5.32 Å². The van der Waals surface area contributed by atoms with E-state index in [1.807, 2.05) is 11.3 Å². The average molecular weight is 209 g/mol. The van der Waals surface area contributed by atoms with E-state index in [-0.39, 0.29) is 0 Å². The van der Waals surface area contributed by atoms with Gasteiger partial charge in [-0.2, -0.15) is 11.3 Å². The first kappa shape index (κ1) is 10.2. The number of hydrogen-bond acceptors (Lipinski definition) is 2. The number of thiophene rings is 1. The molecule has 1 saturated heterocycles.